The molecule has 1 aromatic carbocycles. The van der Waals surface area contributed by atoms with Gasteiger partial charge in [0.05, 0.1) is 6.04 Å². The van der Waals surface area contributed by atoms with Crippen molar-refractivity contribution in [1.29, 1.82) is 5.41 Å². The van der Waals surface area contributed by atoms with Crippen LogP contribution in [0.15, 0.2) is 24.3 Å². The van der Waals surface area contributed by atoms with Gasteiger partial charge in [-0.25, -0.2) is 0 Å². The molecule has 2 heterocycles. The predicted octanol–water partition coefficient (Wildman–Crippen LogP) is 1.64. The smallest absolute Gasteiger partial charge is 0.292 e. The van der Waals surface area contributed by atoms with Gasteiger partial charge in [0.25, 0.3) is 11.9 Å². The number of carbonyl (C=O) groups excluding carboxylic acids is 1. The summed E-state index contributed by atoms with van der Waals surface area (Å²) in [4.78, 5) is 16.0. The molecule has 1 aromatic rings. The maximum Gasteiger partial charge on any atom is 0.292 e. The van der Waals surface area contributed by atoms with E-state index in [0.717, 1.165) is 17.2 Å². The van der Waals surface area contributed by atoms with Crippen LogP contribution in [0.5, 0.6) is 0 Å². The molecule has 106 valence electrons. The van der Waals surface area contributed by atoms with E-state index >= 15 is 0 Å². The van der Waals surface area contributed by atoms with Crippen LogP contribution in [-0.2, 0) is 4.74 Å². The van der Waals surface area contributed by atoms with Gasteiger partial charge in [-0.3, -0.25) is 15.1 Å². The van der Waals surface area contributed by atoms with Gasteiger partial charge in [-0.15, -0.1) is 0 Å². The fourth-order valence-corrected chi connectivity index (χ4v) is 3.78. The lowest BCUT2D eigenvalue weighted by molar-refractivity contribution is 0.0823. The van der Waals surface area contributed by atoms with Gasteiger partial charge in [0, 0.05) is 36.9 Å². The van der Waals surface area contributed by atoms with Crippen molar-refractivity contribution < 1.29 is 9.53 Å². The Morgan fingerprint density at radius 3 is 2.70 bits per heavy atom. The fraction of sp³-hybridized carbons (Fsp3) is 0.429. The van der Waals surface area contributed by atoms with Crippen LogP contribution < -0.4 is 4.90 Å². The number of nitrogens with zero attached hydrogens (tertiary/aromatic N) is 2. The molecule has 0 radical (unpaired) electrons. The maximum atomic E-state index is 12.6. The Morgan fingerprint density at radius 1 is 1.35 bits per heavy atom. The van der Waals surface area contributed by atoms with E-state index in [4.69, 9.17) is 10.1 Å². The minimum Gasteiger partial charge on any atom is -0.459 e. The first-order valence-corrected chi connectivity index (χ1v) is 7.67. The van der Waals surface area contributed by atoms with Crippen LogP contribution >= 0.6 is 11.8 Å². The molecule has 2 atom stereocenters. The molecule has 0 aliphatic carbocycles. The first-order chi connectivity index (χ1) is 9.58. The van der Waals surface area contributed by atoms with Crippen LogP contribution in [0.4, 0.5) is 5.69 Å². The molecule has 2 aliphatic heterocycles. The third-order valence-electron chi connectivity index (χ3n) is 3.66. The number of ether oxygens (including phenoxy) is 1. The number of carbonyl (C=O) groups is 1. The number of anilines is 1. The molecule has 0 bridgehead atoms. The number of rotatable bonds is 2. The first kappa shape index (κ1) is 13.3. The van der Waals surface area contributed by atoms with Crippen molar-refractivity contribution in [3.63, 3.8) is 0 Å². The number of benzene rings is 1. The quantitative estimate of drug-likeness (QED) is 0.900. The molecule has 1 N–H and O–H groups in total. The number of hydrogen-bond acceptors (Lipinski definition) is 5. The molecule has 6 heteroatoms. The van der Waals surface area contributed by atoms with Crippen molar-refractivity contribution >= 4 is 29.4 Å². The monoisotopic (exact) mass is 291 g/mol. The molecule has 1 amide bonds. The van der Waals surface area contributed by atoms with E-state index in [2.05, 4.69) is 0 Å². The van der Waals surface area contributed by atoms with Gasteiger partial charge < -0.3 is 9.64 Å². The van der Waals surface area contributed by atoms with Gasteiger partial charge >= 0.3 is 0 Å². The summed E-state index contributed by atoms with van der Waals surface area (Å²) in [5.74, 6) is 1.56. The zero-order valence-corrected chi connectivity index (χ0v) is 12.3. The summed E-state index contributed by atoms with van der Waals surface area (Å²) in [5.41, 5.74) is 1.64. The highest BCUT2D eigenvalue weighted by molar-refractivity contribution is 7.99. The maximum absolute atomic E-state index is 12.6. The minimum absolute atomic E-state index is 0.00789. The topological polar surface area (TPSA) is 56.6 Å². The summed E-state index contributed by atoms with van der Waals surface area (Å²) >= 11 is 1.77. The Kier molecular flexibility index (Phi) is 3.33. The predicted molar refractivity (Wildman–Crippen MR) is 80.7 cm³/mol. The van der Waals surface area contributed by atoms with Crippen LogP contribution in [0, 0.1) is 5.41 Å². The molecule has 2 saturated heterocycles. The van der Waals surface area contributed by atoms with Crippen molar-refractivity contribution in [1.82, 2.24) is 4.90 Å². The number of amides is 1. The second kappa shape index (κ2) is 5.01. The van der Waals surface area contributed by atoms with Gasteiger partial charge in [0.2, 0.25) is 0 Å². The number of thioether (sulfide) groups is 1. The number of amidine groups is 1. The summed E-state index contributed by atoms with van der Waals surface area (Å²) < 4.78 is 5.46. The summed E-state index contributed by atoms with van der Waals surface area (Å²) in [6, 6.07) is 7.43. The zero-order valence-electron chi connectivity index (χ0n) is 11.5. The molecule has 0 saturated carbocycles. The highest BCUT2D eigenvalue weighted by Crippen LogP contribution is 2.32. The Bertz CT molecular complexity index is 544. The van der Waals surface area contributed by atoms with E-state index in [9.17, 15) is 4.79 Å². The second-order valence-electron chi connectivity index (χ2n) is 5.18. The van der Waals surface area contributed by atoms with Gasteiger partial charge in [-0.05, 0) is 24.3 Å². The van der Waals surface area contributed by atoms with E-state index in [1.54, 1.807) is 23.9 Å². The zero-order chi connectivity index (χ0) is 14.3. The van der Waals surface area contributed by atoms with Crippen molar-refractivity contribution in [2.75, 3.05) is 30.5 Å². The third kappa shape index (κ3) is 2.14. The molecule has 5 nitrogen and oxygen atoms in total. The van der Waals surface area contributed by atoms with Crippen LogP contribution in [-0.4, -0.2) is 54.6 Å². The molecule has 0 spiro atoms. The van der Waals surface area contributed by atoms with Gasteiger partial charge in [0.15, 0.2) is 0 Å². The summed E-state index contributed by atoms with van der Waals surface area (Å²) in [7, 11) is 3.92. The number of nitrogens with one attached hydrogen (secondary N) is 1. The molecule has 3 rings (SSSR count). The lowest BCUT2D eigenvalue weighted by atomic mass is 10.1. The second-order valence-corrected chi connectivity index (χ2v) is 6.26. The summed E-state index contributed by atoms with van der Waals surface area (Å²) in [6.45, 7) is 0. The molecule has 2 unspecified atom stereocenters. The van der Waals surface area contributed by atoms with Gasteiger partial charge in [-0.1, -0.05) is 0 Å². The number of fused-ring (bicyclic) bond motifs is 1. The normalized spacial score (nSPS) is 24.5. The average molecular weight is 291 g/mol. The van der Waals surface area contributed by atoms with Gasteiger partial charge in [-0.2, -0.15) is 11.8 Å². The van der Waals surface area contributed by atoms with Crippen molar-refractivity contribution in [2.45, 2.75) is 12.1 Å². The summed E-state index contributed by atoms with van der Waals surface area (Å²) in [5, 5.41) is 7.86. The van der Waals surface area contributed by atoms with E-state index in [-0.39, 0.29) is 24.1 Å². The molecular formula is C14H17N3O2S. The Labute approximate surface area is 122 Å². The highest BCUT2D eigenvalue weighted by atomic mass is 32.2. The molecule has 20 heavy (non-hydrogen) atoms. The first-order valence-electron chi connectivity index (χ1n) is 6.52. The Balaban J connectivity index is 1.83. The average Bonchev–Trinajstić information content (AvgIpc) is 2.98. The van der Waals surface area contributed by atoms with Crippen LogP contribution in [0.3, 0.4) is 0 Å². The van der Waals surface area contributed by atoms with Crippen LogP contribution in [0.25, 0.3) is 0 Å². The van der Waals surface area contributed by atoms with Crippen molar-refractivity contribution in [3.05, 3.63) is 29.8 Å². The Morgan fingerprint density at radius 2 is 2.05 bits per heavy atom. The van der Waals surface area contributed by atoms with E-state index in [1.165, 1.54) is 4.90 Å². The standard InChI is InChI=1S/C14H17N3O2S/c1-16(2)10-5-3-9(4-6-10)13(18)17-11-7-20-8-12(11)19-14(17)15/h3-6,11-12,15H,7-8H2,1-2H3. The van der Waals surface area contributed by atoms with Crippen molar-refractivity contribution in [2.24, 2.45) is 0 Å². The molecule has 0 aromatic heterocycles. The fourth-order valence-electron chi connectivity index (χ4n) is 2.51. The largest absolute Gasteiger partial charge is 0.459 e. The number of hydrogen-bond donors (Lipinski definition) is 1. The molecule has 2 fully saturated rings. The van der Waals surface area contributed by atoms with Gasteiger partial charge in [0.1, 0.15) is 6.10 Å². The summed E-state index contributed by atoms with van der Waals surface area (Å²) in [6.07, 6.45) is -0.0162. The van der Waals surface area contributed by atoms with E-state index in [1.807, 2.05) is 31.1 Å². The lowest BCUT2D eigenvalue weighted by Crippen LogP contribution is -2.41. The Hall–Kier alpha value is -1.69. The lowest BCUT2D eigenvalue weighted by Gasteiger charge is -2.20. The highest BCUT2D eigenvalue weighted by Gasteiger charge is 2.46. The molecular weight excluding hydrogens is 274 g/mol. The van der Waals surface area contributed by atoms with Crippen molar-refractivity contribution in [3.8, 4) is 0 Å². The third-order valence-corrected chi connectivity index (χ3v) is 4.80. The van der Waals surface area contributed by atoms with E-state index < -0.39 is 0 Å². The van der Waals surface area contributed by atoms with Crippen LogP contribution in [0.2, 0.25) is 0 Å². The van der Waals surface area contributed by atoms with E-state index in [0.29, 0.717) is 5.56 Å². The molecule has 2 aliphatic rings. The minimum atomic E-state index is -0.143. The van der Waals surface area contributed by atoms with Crippen LogP contribution in [0.1, 0.15) is 10.4 Å². The SMILES string of the molecule is CN(C)c1ccc(C(=O)N2C(=N)OC3CSCC32)cc1.